The van der Waals surface area contributed by atoms with Gasteiger partial charge in [0.1, 0.15) is 0 Å². The lowest BCUT2D eigenvalue weighted by Crippen LogP contribution is -2.29. The Morgan fingerprint density at radius 1 is 1.47 bits per heavy atom. The van der Waals surface area contributed by atoms with Crippen molar-refractivity contribution in [2.45, 2.75) is 12.5 Å². The number of rotatable bonds is 5. The Labute approximate surface area is 101 Å². The Morgan fingerprint density at radius 3 is 3.06 bits per heavy atom. The summed E-state index contributed by atoms with van der Waals surface area (Å²) >= 11 is 0. The first-order valence-electron chi connectivity index (χ1n) is 5.52. The zero-order valence-corrected chi connectivity index (χ0v) is 9.61. The maximum absolute atomic E-state index is 5.47. The van der Waals surface area contributed by atoms with Gasteiger partial charge in [-0.15, -0.1) is 13.0 Å². The van der Waals surface area contributed by atoms with E-state index in [-0.39, 0.29) is 6.04 Å². The fourth-order valence-electron chi connectivity index (χ4n) is 1.72. The van der Waals surface area contributed by atoms with Crippen molar-refractivity contribution in [3.63, 3.8) is 0 Å². The number of hydrogen-bond donors (Lipinski definition) is 1. The maximum atomic E-state index is 5.47. The quantitative estimate of drug-likeness (QED) is 0.616. The second-order valence-corrected chi connectivity index (χ2v) is 3.81. The number of benzene rings is 1. The fraction of sp³-hybridized carbons (Fsp3) is 0.286. The van der Waals surface area contributed by atoms with Crippen molar-refractivity contribution in [3.8, 4) is 23.8 Å². The molecule has 17 heavy (non-hydrogen) atoms. The Morgan fingerprint density at radius 2 is 2.29 bits per heavy atom. The van der Waals surface area contributed by atoms with Crippen molar-refractivity contribution in [1.82, 2.24) is 5.32 Å². The average molecular weight is 229 g/mol. The van der Waals surface area contributed by atoms with Crippen molar-refractivity contribution >= 4 is 0 Å². The summed E-state index contributed by atoms with van der Waals surface area (Å²) in [4.78, 5) is 0. The maximum Gasteiger partial charge on any atom is 0.231 e. The third-order valence-corrected chi connectivity index (χ3v) is 2.59. The van der Waals surface area contributed by atoms with Crippen LogP contribution in [0.15, 0.2) is 30.9 Å². The molecule has 2 rings (SSSR count). The molecule has 1 aromatic carbocycles. The van der Waals surface area contributed by atoms with Gasteiger partial charge in [0.2, 0.25) is 6.79 Å². The molecule has 0 spiro atoms. The van der Waals surface area contributed by atoms with E-state index in [1.807, 2.05) is 18.2 Å². The predicted octanol–water partition coefficient (Wildman–Crippen LogP) is 1.74. The van der Waals surface area contributed by atoms with Gasteiger partial charge in [-0.1, -0.05) is 18.1 Å². The Hall–Kier alpha value is -1.92. The highest BCUT2D eigenvalue weighted by atomic mass is 16.7. The van der Waals surface area contributed by atoms with E-state index in [1.54, 1.807) is 6.08 Å². The molecule has 1 atom stereocenters. The van der Waals surface area contributed by atoms with E-state index in [2.05, 4.69) is 17.8 Å². The monoisotopic (exact) mass is 229 g/mol. The molecule has 0 radical (unpaired) electrons. The van der Waals surface area contributed by atoms with Gasteiger partial charge in [0.05, 0.1) is 6.04 Å². The molecule has 1 N–H and O–H groups in total. The van der Waals surface area contributed by atoms with E-state index >= 15 is 0 Å². The van der Waals surface area contributed by atoms with Gasteiger partial charge in [-0.2, -0.15) is 0 Å². The van der Waals surface area contributed by atoms with Gasteiger partial charge in [0, 0.05) is 6.54 Å². The van der Waals surface area contributed by atoms with Gasteiger partial charge in [0.15, 0.2) is 11.5 Å². The van der Waals surface area contributed by atoms with E-state index in [0.29, 0.717) is 13.3 Å². The normalized spacial score (nSPS) is 14.1. The molecular formula is C14H15NO2. The van der Waals surface area contributed by atoms with Crippen molar-refractivity contribution in [2.75, 3.05) is 13.3 Å². The zero-order valence-electron chi connectivity index (χ0n) is 9.61. The van der Waals surface area contributed by atoms with Gasteiger partial charge in [0.25, 0.3) is 0 Å². The molecule has 1 aliphatic heterocycles. The topological polar surface area (TPSA) is 30.5 Å². The molecule has 0 amide bonds. The molecule has 1 heterocycles. The molecular weight excluding hydrogens is 214 g/mol. The second kappa shape index (κ2) is 5.42. The Kier molecular flexibility index (Phi) is 3.69. The highest BCUT2D eigenvalue weighted by Crippen LogP contribution is 2.32. The van der Waals surface area contributed by atoms with Crippen LogP contribution in [0.5, 0.6) is 11.5 Å². The summed E-state index contributed by atoms with van der Waals surface area (Å²) in [7, 11) is 0. The van der Waals surface area contributed by atoms with Crippen LogP contribution in [-0.4, -0.2) is 19.4 Å². The number of nitrogens with one attached hydrogen (secondary N) is 1. The highest BCUT2D eigenvalue weighted by molar-refractivity contribution is 5.44. The third kappa shape index (κ3) is 2.80. The van der Waals surface area contributed by atoms with E-state index in [0.717, 1.165) is 23.5 Å². The van der Waals surface area contributed by atoms with Gasteiger partial charge >= 0.3 is 0 Å². The number of hydrogen-bond acceptors (Lipinski definition) is 3. The van der Waals surface area contributed by atoms with Crippen LogP contribution in [0, 0.1) is 12.3 Å². The minimum Gasteiger partial charge on any atom is -0.454 e. The minimum absolute atomic E-state index is 0.00775. The van der Waals surface area contributed by atoms with E-state index in [4.69, 9.17) is 15.9 Å². The lowest BCUT2D eigenvalue weighted by molar-refractivity contribution is 0.174. The van der Waals surface area contributed by atoms with Crippen molar-refractivity contribution < 1.29 is 9.47 Å². The summed E-state index contributed by atoms with van der Waals surface area (Å²) in [5, 5.41) is 3.21. The van der Waals surface area contributed by atoms with E-state index in [9.17, 15) is 0 Å². The summed E-state index contributed by atoms with van der Waals surface area (Å²) < 4.78 is 10.6. The van der Waals surface area contributed by atoms with Gasteiger partial charge in [-0.25, -0.2) is 0 Å². The molecule has 0 saturated carbocycles. The Bertz CT molecular complexity index is 448. The first kappa shape index (κ1) is 11.6. The standard InChI is InChI=1S/C14H15NO2/c1-3-7-15-12(4-2)8-11-5-6-13-14(9-11)17-10-16-13/h2-3,5-6,9,12,15H,1,7-8,10H2. The van der Waals surface area contributed by atoms with Crippen LogP contribution in [0.3, 0.4) is 0 Å². The van der Waals surface area contributed by atoms with Crippen LogP contribution < -0.4 is 14.8 Å². The SMILES string of the molecule is C#CC(Cc1ccc2c(c1)OCO2)NCC=C. The molecule has 1 aliphatic rings. The lowest BCUT2D eigenvalue weighted by atomic mass is 10.1. The summed E-state index contributed by atoms with van der Waals surface area (Å²) in [5.74, 6) is 4.31. The van der Waals surface area contributed by atoms with Crippen LogP contribution in [0.4, 0.5) is 0 Å². The zero-order chi connectivity index (χ0) is 12.1. The number of terminal acetylenes is 1. The van der Waals surface area contributed by atoms with Crippen molar-refractivity contribution in [1.29, 1.82) is 0 Å². The van der Waals surface area contributed by atoms with Crippen LogP contribution >= 0.6 is 0 Å². The van der Waals surface area contributed by atoms with Crippen LogP contribution in [0.1, 0.15) is 5.56 Å². The molecule has 0 fully saturated rings. The van der Waals surface area contributed by atoms with Crippen LogP contribution in [-0.2, 0) is 6.42 Å². The molecule has 3 heteroatoms. The Balaban J connectivity index is 2.02. The van der Waals surface area contributed by atoms with E-state index in [1.165, 1.54) is 0 Å². The van der Waals surface area contributed by atoms with Crippen LogP contribution in [0.25, 0.3) is 0 Å². The molecule has 1 unspecified atom stereocenters. The minimum atomic E-state index is 0.00775. The molecule has 1 aromatic rings. The molecule has 3 nitrogen and oxygen atoms in total. The largest absolute Gasteiger partial charge is 0.454 e. The van der Waals surface area contributed by atoms with Crippen molar-refractivity contribution in [3.05, 3.63) is 36.4 Å². The molecule has 0 saturated heterocycles. The van der Waals surface area contributed by atoms with Gasteiger partial charge < -0.3 is 9.47 Å². The lowest BCUT2D eigenvalue weighted by Gasteiger charge is -2.11. The van der Waals surface area contributed by atoms with Gasteiger partial charge in [-0.05, 0) is 24.1 Å². The smallest absolute Gasteiger partial charge is 0.231 e. The number of ether oxygens (including phenoxy) is 2. The average Bonchev–Trinajstić information content (AvgIpc) is 2.81. The summed E-state index contributed by atoms with van der Waals surface area (Å²) in [6, 6.07) is 5.91. The summed E-state index contributed by atoms with van der Waals surface area (Å²) in [5.41, 5.74) is 1.13. The molecule has 0 aliphatic carbocycles. The molecule has 88 valence electrons. The van der Waals surface area contributed by atoms with E-state index < -0.39 is 0 Å². The third-order valence-electron chi connectivity index (χ3n) is 2.59. The second-order valence-electron chi connectivity index (χ2n) is 3.81. The summed E-state index contributed by atoms with van der Waals surface area (Å²) in [6.07, 6.45) is 8.03. The fourth-order valence-corrected chi connectivity index (χ4v) is 1.72. The van der Waals surface area contributed by atoms with Gasteiger partial charge in [-0.3, -0.25) is 5.32 Å². The predicted molar refractivity (Wildman–Crippen MR) is 67.1 cm³/mol. The van der Waals surface area contributed by atoms with Crippen LogP contribution in [0.2, 0.25) is 0 Å². The number of fused-ring (bicyclic) bond motifs is 1. The van der Waals surface area contributed by atoms with Crippen molar-refractivity contribution in [2.24, 2.45) is 0 Å². The highest BCUT2D eigenvalue weighted by Gasteiger charge is 2.14. The molecule has 0 bridgehead atoms. The first-order chi connectivity index (χ1) is 8.33. The molecule has 0 aromatic heterocycles. The first-order valence-corrected chi connectivity index (χ1v) is 5.52. The summed E-state index contributed by atoms with van der Waals surface area (Å²) in [6.45, 7) is 4.66.